The molecule has 0 unspecified atom stereocenters. The molecule has 0 bridgehead atoms. The van der Waals surface area contributed by atoms with Gasteiger partial charge >= 0.3 is 0 Å². The fourth-order valence-electron chi connectivity index (χ4n) is 1.71. The average Bonchev–Trinajstić information content (AvgIpc) is 2.38. The van der Waals surface area contributed by atoms with Gasteiger partial charge in [-0.1, -0.05) is 0 Å². The van der Waals surface area contributed by atoms with Crippen molar-refractivity contribution in [1.82, 2.24) is 4.90 Å². The molecule has 0 heterocycles. The quantitative estimate of drug-likeness (QED) is 0.504. The second-order valence-electron chi connectivity index (χ2n) is 5.03. The predicted molar refractivity (Wildman–Crippen MR) is 84.3 cm³/mol. The molecule has 3 N–H and O–H groups in total. The van der Waals surface area contributed by atoms with Gasteiger partial charge in [0.15, 0.2) is 0 Å². The fourth-order valence-corrected chi connectivity index (χ4v) is 1.71. The zero-order chi connectivity index (χ0) is 14.8. The van der Waals surface area contributed by atoms with Crippen molar-refractivity contribution in [1.29, 1.82) is 0 Å². The highest BCUT2D eigenvalue weighted by Crippen LogP contribution is 2.16. The van der Waals surface area contributed by atoms with Crippen molar-refractivity contribution in [2.75, 3.05) is 64.7 Å². The summed E-state index contributed by atoms with van der Waals surface area (Å²) >= 11 is 0. The topological polar surface area (TPSA) is 59.8 Å². The Morgan fingerprint density at radius 3 is 2.45 bits per heavy atom. The summed E-state index contributed by atoms with van der Waals surface area (Å²) in [4.78, 5) is 2.10. The van der Waals surface area contributed by atoms with Crippen LogP contribution >= 0.6 is 0 Å². The van der Waals surface area contributed by atoms with Gasteiger partial charge in [0, 0.05) is 24.5 Å². The van der Waals surface area contributed by atoms with E-state index in [1.807, 2.05) is 39.2 Å². The molecule has 0 saturated heterocycles. The van der Waals surface area contributed by atoms with Crippen LogP contribution in [0.3, 0.4) is 0 Å². The monoisotopic (exact) mass is 281 g/mol. The molecule has 1 aromatic rings. The normalized spacial score (nSPS) is 11.0. The van der Waals surface area contributed by atoms with Crippen LogP contribution in [0.1, 0.15) is 5.56 Å². The summed E-state index contributed by atoms with van der Waals surface area (Å²) in [6.07, 6.45) is 0. The summed E-state index contributed by atoms with van der Waals surface area (Å²) in [5.74, 6) is 0. The summed E-state index contributed by atoms with van der Waals surface area (Å²) < 4.78 is 10.9. The van der Waals surface area contributed by atoms with Crippen LogP contribution in [-0.2, 0) is 9.47 Å². The van der Waals surface area contributed by atoms with E-state index in [0.717, 1.165) is 36.6 Å². The number of hydrogen-bond donors (Lipinski definition) is 2. The number of aryl methyl sites for hydroxylation is 1. The van der Waals surface area contributed by atoms with Crippen LogP contribution in [0, 0.1) is 6.92 Å². The van der Waals surface area contributed by atoms with E-state index in [4.69, 9.17) is 15.2 Å². The third-order valence-electron chi connectivity index (χ3n) is 2.87. The number of likely N-dealkylation sites (N-methyl/N-ethyl adjacent to an activating group) is 1. The van der Waals surface area contributed by atoms with Gasteiger partial charge in [0.1, 0.15) is 0 Å². The minimum Gasteiger partial charge on any atom is -0.399 e. The molecular weight excluding hydrogens is 254 g/mol. The maximum Gasteiger partial charge on any atom is 0.0701 e. The number of hydrogen-bond acceptors (Lipinski definition) is 5. The Kier molecular flexibility index (Phi) is 8.02. The molecule has 1 aromatic carbocycles. The Bertz CT molecular complexity index is 383. The molecule has 0 fully saturated rings. The Morgan fingerprint density at radius 2 is 1.80 bits per heavy atom. The van der Waals surface area contributed by atoms with Crippen molar-refractivity contribution in [3.8, 4) is 0 Å². The van der Waals surface area contributed by atoms with Crippen molar-refractivity contribution in [3.63, 3.8) is 0 Å². The van der Waals surface area contributed by atoms with E-state index < -0.39 is 0 Å². The number of benzene rings is 1. The molecule has 5 nitrogen and oxygen atoms in total. The largest absolute Gasteiger partial charge is 0.399 e. The molecule has 0 radical (unpaired) electrons. The first-order chi connectivity index (χ1) is 9.59. The molecule has 0 spiro atoms. The molecule has 0 atom stereocenters. The first-order valence-electron chi connectivity index (χ1n) is 7.00. The third kappa shape index (κ3) is 7.33. The standard InChI is InChI=1S/C15H27N3O2/c1-13-12-14(16)4-5-15(13)17-6-8-19-10-11-20-9-7-18(2)3/h4-5,12,17H,6-11,16H2,1-3H3. The van der Waals surface area contributed by atoms with Gasteiger partial charge < -0.3 is 25.4 Å². The number of nitrogen functional groups attached to an aromatic ring is 1. The molecule has 0 saturated carbocycles. The van der Waals surface area contributed by atoms with E-state index in [2.05, 4.69) is 10.2 Å². The molecule has 5 heteroatoms. The second-order valence-corrected chi connectivity index (χ2v) is 5.03. The van der Waals surface area contributed by atoms with E-state index in [1.165, 1.54) is 0 Å². The lowest BCUT2D eigenvalue weighted by Gasteiger charge is -2.11. The number of anilines is 2. The maximum absolute atomic E-state index is 5.71. The zero-order valence-corrected chi connectivity index (χ0v) is 12.8. The zero-order valence-electron chi connectivity index (χ0n) is 12.8. The van der Waals surface area contributed by atoms with Crippen molar-refractivity contribution in [3.05, 3.63) is 23.8 Å². The fraction of sp³-hybridized carbons (Fsp3) is 0.600. The Hall–Kier alpha value is -1.30. The Morgan fingerprint density at radius 1 is 1.10 bits per heavy atom. The van der Waals surface area contributed by atoms with Crippen molar-refractivity contribution >= 4 is 11.4 Å². The molecule has 0 amide bonds. The Balaban J connectivity index is 1.99. The third-order valence-corrected chi connectivity index (χ3v) is 2.87. The number of nitrogens with zero attached hydrogens (tertiary/aromatic N) is 1. The summed E-state index contributed by atoms with van der Waals surface area (Å²) in [7, 11) is 4.06. The van der Waals surface area contributed by atoms with Crippen LogP contribution in [0.5, 0.6) is 0 Å². The lowest BCUT2D eigenvalue weighted by Crippen LogP contribution is -2.19. The van der Waals surface area contributed by atoms with Crippen LogP contribution in [0.2, 0.25) is 0 Å². The molecule has 0 aliphatic heterocycles. The van der Waals surface area contributed by atoms with Gasteiger partial charge in [-0.05, 0) is 44.8 Å². The second kappa shape index (κ2) is 9.58. The number of nitrogens with one attached hydrogen (secondary N) is 1. The highest BCUT2D eigenvalue weighted by molar-refractivity contribution is 5.57. The van der Waals surface area contributed by atoms with Crippen molar-refractivity contribution < 1.29 is 9.47 Å². The molecule has 20 heavy (non-hydrogen) atoms. The summed E-state index contributed by atoms with van der Waals surface area (Å²) in [5, 5.41) is 3.33. The summed E-state index contributed by atoms with van der Waals surface area (Å²) in [6, 6.07) is 5.85. The maximum atomic E-state index is 5.71. The van der Waals surface area contributed by atoms with Crippen LogP contribution in [0.25, 0.3) is 0 Å². The van der Waals surface area contributed by atoms with Crippen LogP contribution in [0.4, 0.5) is 11.4 Å². The first-order valence-corrected chi connectivity index (χ1v) is 7.00. The van der Waals surface area contributed by atoms with Crippen LogP contribution < -0.4 is 11.1 Å². The number of nitrogens with two attached hydrogens (primary N) is 1. The van der Waals surface area contributed by atoms with Gasteiger partial charge in [0.25, 0.3) is 0 Å². The van der Waals surface area contributed by atoms with Crippen LogP contribution in [-0.4, -0.2) is 58.5 Å². The van der Waals surface area contributed by atoms with E-state index >= 15 is 0 Å². The van der Waals surface area contributed by atoms with E-state index in [9.17, 15) is 0 Å². The van der Waals surface area contributed by atoms with Gasteiger partial charge in [-0.3, -0.25) is 0 Å². The molecule has 0 aliphatic carbocycles. The number of ether oxygens (including phenoxy) is 2. The van der Waals surface area contributed by atoms with Gasteiger partial charge in [-0.15, -0.1) is 0 Å². The van der Waals surface area contributed by atoms with E-state index in [-0.39, 0.29) is 0 Å². The molecule has 0 aliphatic rings. The smallest absolute Gasteiger partial charge is 0.0701 e. The highest BCUT2D eigenvalue weighted by atomic mass is 16.5. The van der Waals surface area contributed by atoms with E-state index in [0.29, 0.717) is 19.8 Å². The lowest BCUT2D eigenvalue weighted by molar-refractivity contribution is 0.0462. The molecule has 114 valence electrons. The van der Waals surface area contributed by atoms with E-state index in [1.54, 1.807) is 0 Å². The average molecular weight is 281 g/mol. The highest BCUT2D eigenvalue weighted by Gasteiger charge is 1.97. The lowest BCUT2D eigenvalue weighted by atomic mass is 10.2. The number of rotatable bonds is 10. The van der Waals surface area contributed by atoms with Crippen molar-refractivity contribution in [2.45, 2.75) is 6.92 Å². The minimum absolute atomic E-state index is 0.635. The van der Waals surface area contributed by atoms with Gasteiger partial charge in [0.2, 0.25) is 0 Å². The molecular formula is C15H27N3O2. The molecule has 1 rings (SSSR count). The van der Waals surface area contributed by atoms with Crippen LogP contribution in [0.15, 0.2) is 18.2 Å². The summed E-state index contributed by atoms with van der Waals surface area (Å²) in [6.45, 7) is 6.46. The van der Waals surface area contributed by atoms with Crippen molar-refractivity contribution in [2.24, 2.45) is 0 Å². The SMILES string of the molecule is Cc1cc(N)ccc1NCCOCCOCCN(C)C. The summed E-state index contributed by atoms with van der Waals surface area (Å²) in [5.41, 5.74) is 8.75. The van der Waals surface area contributed by atoms with Gasteiger partial charge in [-0.25, -0.2) is 0 Å². The Labute approximate surface area is 122 Å². The van der Waals surface area contributed by atoms with Gasteiger partial charge in [0.05, 0.1) is 26.4 Å². The first kappa shape index (κ1) is 16.8. The minimum atomic E-state index is 0.635. The molecule has 0 aromatic heterocycles. The van der Waals surface area contributed by atoms with Gasteiger partial charge in [-0.2, -0.15) is 0 Å². The predicted octanol–water partition coefficient (Wildman–Crippen LogP) is 1.58.